The highest BCUT2D eigenvalue weighted by atomic mass is 127. The Morgan fingerprint density at radius 1 is 1.13 bits per heavy atom. The molecule has 0 aromatic heterocycles. The lowest BCUT2D eigenvalue weighted by atomic mass is 10.4. The average molecular weight is 330 g/mol. The molecule has 0 aliphatic rings. The van der Waals surface area contributed by atoms with Crippen molar-refractivity contribution in [2.24, 2.45) is 0 Å². The summed E-state index contributed by atoms with van der Waals surface area (Å²) in [5.74, 6) is -0.294. The lowest BCUT2D eigenvalue weighted by Gasteiger charge is -2.05. The molecule has 4 nitrogen and oxygen atoms in total. The molecule has 0 saturated carbocycles. The molecule has 15 heavy (non-hydrogen) atoms. The van der Waals surface area contributed by atoms with Gasteiger partial charge in [0.25, 0.3) is 0 Å². The molecule has 0 aliphatic carbocycles. The molecule has 0 unspecified atom stereocenters. The number of carbonyl (C=O) groups excluding carboxylic acids is 1. The van der Waals surface area contributed by atoms with Crippen molar-refractivity contribution in [3.63, 3.8) is 0 Å². The van der Waals surface area contributed by atoms with Crippen LogP contribution in [0, 0.1) is 0 Å². The summed E-state index contributed by atoms with van der Waals surface area (Å²) < 4.78 is 16.1. The van der Waals surface area contributed by atoms with Gasteiger partial charge >= 0.3 is 5.97 Å². The minimum Gasteiger partial charge on any atom is -0.464 e. The summed E-state index contributed by atoms with van der Waals surface area (Å²) in [5.41, 5.74) is 0. The zero-order valence-corrected chi connectivity index (χ0v) is 11.3. The molecule has 0 N–H and O–H groups in total. The molecule has 0 aliphatic heterocycles. The van der Waals surface area contributed by atoms with Crippen LogP contribution in [0.5, 0.6) is 0 Å². The van der Waals surface area contributed by atoms with Gasteiger partial charge in [0.05, 0.1) is 26.4 Å². The first-order valence-corrected chi connectivity index (χ1v) is 6.71. The maximum Gasteiger partial charge on any atom is 0.332 e. The second-order valence-corrected chi connectivity index (χ2v) is 4.01. The van der Waals surface area contributed by atoms with Crippen LogP contribution in [0.2, 0.25) is 0 Å². The predicted octanol–water partition coefficient (Wildman–Crippen LogP) is 1.80. The average Bonchev–Trinajstić information content (AvgIpc) is 2.23. The fraction of sp³-hybridized carbons (Fsp3) is 0.900. The summed E-state index contributed by atoms with van der Waals surface area (Å²) in [4.78, 5) is 11.0. The first-order chi connectivity index (χ1) is 7.31. The molecule has 0 amide bonds. The normalized spacial score (nSPS) is 10.3. The number of carbonyl (C=O) groups is 1. The van der Waals surface area contributed by atoms with Crippen LogP contribution in [-0.2, 0) is 19.0 Å². The van der Waals surface area contributed by atoms with Crippen molar-refractivity contribution in [1.29, 1.82) is 0 Å². The van der Waals surface area contributed by atoms with Crippen LogP contribution in [0.3, 0.4) is 0 Å². The minimum atomic E-state index is -0.294. The van der Waals surface area contributed by atoms with Crippen LogP contribution in [0.4, 0.5) is 0 Å². The number of esters is 1. The van der Waals surface area contributed by atoms with E-state index in [-0.39, 0.29) is 12.6 Å². The van der Waals surface area contributed by atoms with E-state index in [2.05, 4.69) is 29.5 Å². The molecule has 0 aromatic rings. The summed E-state index contributed by atoms with van der Waals surface area (Å²) in [6.45, 7) is 4.27. The molecule has 0 fully saturated rings. The molecule has 0 spiro atoms. The second kappa shape index (κ2) is 12.2. The van der Waals surface area contributed by atoms with Crippen molar-refractivity contribution in [2.45, 2.75) is 19.8 Å². The standard InChI is InChI=1S/C10H19IO4/c1-2-3-5-15-10(12)9-14-8-7-13-6-4-11/h2-9H2,1H3. The van der Waals surface area contributed by atoms with E-state index in [1.165, 1.54) is 0 Å². The Hall–Kier alpha value is 0.120. The van der Waals surface area contributed by atoms with Gasteiger partial charge in [0.2, 0.25) is 0 Å². The Labute approximate surface area is 105 Å². The van der Waals surface area contributed by atoms with Crippen molar-refractivity contribution < 1.29 is 19.0 Å². The van der Waals surface area contributed by atoms with E-state index in [0.717, 1.165) is 23.9 Å². The SMILES string of the molecule is CCCCOC(=O)COCCOCCI. The Bertz CT molecular complexity index is 152. The number of rotatable bonds is 10. The van der Waals surface area contributed by atoms with Gasteiger partial charge in [0, 0.05) is 4.43 Å². The maximum atomic E-state index is 11.0. The number of hydrogen-bond acceptors (Lipinski definition) is 4. The third-order valence-electron chi connectivity index (χ3n) is 1.57. The third-order valence-corrected chi connectivity index (χ3v) is 2.01. The Kier molecular flexibility index (Phi) is 12.3. The molecular weight excluding hydrogens is 311 g/mol. The van der Waals surface area contributed by atoms with Crippen molar-refractivity contribution >= 4 is 28.6 Å². The topological polar surface area (TPSA) is 44.8 Å². The quantitative estimate of drug-likeness (QED) is 0.265. The van der Waals surface area contributed by atoms with Gasteiger partial charge in [0.1, 0.15) is 6.61 Å². The number of alkyl halides is 1. The van der Waals surface area contributed by atoms with Crippen molar-refractivity contribution in [3.8, 4) is 0 Å². The smallest absolute Gasteiger partial charge is 0.332 e. The molecule has 5 heteroatoms. The van der Waals surface area contributed by atoms with E-state index in [9.17, 15) is 4.79 Å². The van der Waals surface area contributed by atoms with Gasteiger partial charge in [-0.05, 0) is 6.42 Å². The van der Waals surface area contributed by atoms with Gasteiger partial charge in [-0.1, -0.05) is 35.9 Å². The van der Waals surface area contributed by atoms with Gasteiger partial charge in [-0.3, -0.25) is 0 Å². The van der Waals surface area contributed by atoms with E-state index in [4.69, 9.17) is 14.2 Å². The largest absolute Gasteiger partial charge is 0.464 e. The Morgan fingerprint density at radius 2 is 1.87 bits per heavy atom. The van der Waals surface area contributed by atoms with Crippen molar-refractivity contribution in [1.82, 2.24) is 0 Å². The number of ether oxygens (including phenoxy) is 3. The maximum absolute atomic E-state index is 11.0. The monoisotopic (exact) mass is 330 g/mol. The molecule has 0 saturated heterocycles. The van der Waals surface area contributed by atoms with Gasteiger partial charge in [-0.2, -0.15) is 0 Å². The molecule has 0 radical (unpaired) electrons. The first-order valence-electron chi connectivity index (χ1n) is 5.18. The van der Waals surface area contributed by atoms with E-state index in [1.54, 1.807) is 0 Å². The highest BCUT2D eigenvalue weighted by Gasteiger charge is 2.01. The lowest BCUT2D eigenvalue weighted by molar-refractivity contribution is -0.149. The van der Waals surface area contributed by atoms with Gasteiger partial charge in [-0.15, -0.1) is 0 Å². The van der Waals surface area contributed by atoms with Crippen LogP contribution < -0.4 is 0 Å². The summed E-state index contributed by atoms with van der Waals surface area (Å²) >= 11 is 2.24. The zero-order valence-electron chi connectivity index (χ0n) is 9.17. The number of halogens is 1. The highest BCUT2D eigenvalue weighted by molar-refractivity contribution is 14.1. The fourth-order valence-electron chi connectivity index (χ4n) is 0.802. The van der Waals surface area contributed by atoms with E-state index in [1.807, 2.05) is 0 Å². The van der Waals surface area contributed by atoms with Crippen LogP contribution in [-0.4, -0.2) is 43.4 Å². The van der Waals surface area contributed by atoms with Gasteiger partial charge in [0.15, 0.2) is 0 Å². The molecule has 0 heterocycles. The zero-order chi connectivity index (χ0) is 11.4. The number of unbranched alkanes of at least 4 members (excludes halogenated alkanes) is 1. The second-order valence-electron chi connectivity index (χ2n) is 2.93. The summed E-state index contributed by atoms with van der Waals surface area (Å²) in [5, 5.41) is 0. The summed E-state index contributed by atoms with van der Waals surface area (Å²) in [7, 11) is 0. The van der Waals surface area contributed by atoms with E-state index in [0.29, 0.717) is 19.8 Å². The summed E-state index contributed by atoms with van der Waals surface area (Å²) in [6, 6.07) is 0. The Morgan fingerprint density at radius 3 is 2.53 bits per heavy atom. The van der Waals surface area contributed by atoms with Gasteiger partial charge in [-0.25, -0.2) is 4.79 Å². The van der Waals surface area contributed by atoms with Crippen LogP contribution in [0.1, 0.15) is 19.8 Å². The van der Waals surface area contributed by atoms with Crippen molar-refractivity contribution in [2.75, 3.05) is 37.5 Å². The fourth-order valence-corrected chi connectivity index (χ4v) is 1.11. The Balaban J connectivity index is 3.10. The summed E-state index contributed by atoms with van der Waals surface area (Å²) in [6.07, 6.45) is 1.93. The van der Waals surface area contributed by atoms with Crippen LogP contribution in [0.25, 0.3) is 0 Å². The van der Waals surface area contributed by atoms with Crippen molar-refractivity contribution in [3.05, 3.63) is 0 Å². The van der Waals surface area contributed by atoms with E-state index >= 15 is 0 Å². The van der Waals surface area contributed by atoms with Crippen LogP contribution in [0.15, 0.2) is 0 Å². The minimum absolute atomic E-state index is 0.0251. The molecule has 0 aromatic carbocycles. The lowest BCUT2D eigenvalue weighted by Crippen LogP contribution is -2.15. The molecule has 90 valence electrons. The molecular formula is C10H19IO4. The molecule has 0 bridgehead atoms. The van der Waals surface area contributed by atoms with Crippen LogP contribution >= 0.6 is 22.6 Å². The third kappa shape index (κ3) is 12.0. The predicted molar refractivity (Wildman–Crippen MR) is 66.4 cm³/mol. The highest BCUT2D eigenvalue weighted by Crippen LogP contribution is 1.90. The molecule has 0 rings (SSSR count). The van der Waals surface area contributed by atoms with Gasteiger partial charge < -0.3 is 14.2 Å². The van der Waals surface area contributed by atoms with E-state index < -0.39 is 0 Å². The molecule has 0 atom stereocenters. The first kappa shape index (κ1) is 15.1. The number of hydrogen-bond donors (Lipinski definition) is 0.